The molecule has 7 heteroatoms. The summed E-state index contributed by atoms with van der Waals surface area (Å²) in [5.41, 5.74) is 4.72. The topological polar surface area (TPSA) is 84.5 Å². The maximum absolute atomic E-state index is 13.7. The second-order valence-electron chi connectivity index (χ2n) is 8.37. The maximum Gasteiger partial charge on any atom is 0.236 e. The molecule has 1 aliphatic carbocycles. The van der Waals surface area contributed by atoms with Crippen LogP contribution in [0.3, 0.4) is 0 Å². The first kappa shape index (κ1) is 20.6. The third kappa shape index (κ3) is 3.53. The third-order valence-corrected chi connectivity index (χ3v) is 7.20. The zero-order valence-corrected chi connectivity index (χ0v) is 18.9. The number of carbonyl (C=O) groups excluding carboxylic acids is 1. The second-order valence-corrected chi connectivity index (χ2v) is 9.32. The Hall–Kier alpha value is -4.02. The summed E-state index contributed by atoms with van der Waals surface area (Å²) in [5.74, 6) is 0.751. The van der Waals surface area contributed by atoms with Crippen molar-refractivity contribution in [3.8, 4) is 6.07 Å². The summed E-state index contributed by atoms with van der Waals surface area (Å²) >= 11 is 1.41. The summed E-state index contributed by atoms with van der Waals surface area (Å²) in [6.07, 6.45) is 0.835. The van der Waals surface area contributed by atoms with Crippen molar-refractivity contribution in [1.29, 1.82) is 5.26 Å². The number of fused-ring (bicyclic) bond motifs is 3. The van der Waals surface area contributed by atoms with E-state index in [0.29, 0.717) is 27.6 Å². The standard InChI is InChI=1S/C27H19N5OS/c28-15-18-10-4-5-11-19(18)16-34-27-29-25-24(30-31-27)20-12-6-7-13-23(20)32(25)26(33)22-14-21(22)17-8-2-1-3-9-17/h1-13,21-22H,14,16H2/t21-,22?/m0/s1. The maximum atomic E-state index is 13.7. The van der Waals surface area contributed by atoms with Crippen LogP contribution in [0.2, 0.25) is 0 Å². The van der Waals surface area contributed by atoms with Gasteiger partial charge in [0.05, 0.1) is 17.1 Å². The third-order valence-electron chi connectivity index (χ3n) is 6.31. The van der Waals surface area contributed by atoms with E-state index >= 15 is 0 Å². The normalized spacial score (nSPS) is 17.0. The molecule has 1 unspecified atom stereocenters. The summed E-state index contributed by atoms with van der Waals surface area (Å²) in [5, 5.41) is 19.5. The van der Waals surface area contributed by atoms with Gasteiger partial charge >= 0.3 is 0 Å². The van der Waals surface area contributed by atoms with Gasteiger partial charge in [0.25, 0.3) is 0 Å². The molecule has 1 saturated carbocycles. The Morgan fingerprint density at radius 3 is 2.62 bits per heavy atom. The molecular formula is C27H19N5OS. The number of aromatic nitrogens is 4. The number of carbonyl (C=O) groups is 1. The van der Waals surface area contributed by atoms with Crippen LogP contribution in [0.4, 0.5) is 0 Å². The SMILES string of the molecule is N#Cc1ccccc1CSc1nnc2c3ccccc3n(C(=O)C3C[C@H]3c3ccccc3)c2n1. The molecule has 5 aromatic rings. The highest BCUT2D eigenvalue weighted by Crippen LogP contribution is 2.49. The lowest BCUT2D eigenvalue weighted by molar-refractivity contribution is 0.0893. The Morgan fingerprint density at radius 1 is 1.00 bits per heavy atom. The number of nitriles is 1. The molecule has 2 heterocycles. The highest BCUT2D eigenvalue weighted by atomic mass is 32.2. The van der Waals surface area contributed by atoms with E-state index in [2.05, 4.69) is 28.4 Å². The minimum atomic E-state index is -0.0741. The first-order valence-electron chi connectivity index (χ1n) is 11.1. The molecule has 1 aliphatic rings. The smallest absolute Gasteiger partial charge is 0.236 e. The molecule has 34 heavy (non-hydrogen) atoms. The van der Waals surface area contributed by atoms with Gasteiger partial charge in [-0.1, -0.05) is 78.5 Å². The van der Waals surface area contributed by atoms with Gasteiger partial charge in [-0.2, -0.15) is 5.26 Å². The first-order valence-corrected chi connectivity index (χ1v) is 12.1. The van der Waals surface area contributed by atoms with Crippen LogP contribution >= 0.6 is 11.8 Å². The molecule has 6 nitrogen and oxygen atoms in total. The number of nitrogens with zero attached hydrogens (tertiary/aromatic N) is 5. The summed E-state index contributed by atoms with van der Waals surface area (Å²) < 4.78 is 1.72. The van der Waals surface area contributed by atoms with Gasteiger partial charge < -0.3 is 0 Å². The Balaban J connectivity index is 1.37. The van der Waals surface area contributed by atoms with Crippen molar-refractivity contribution in [3.63, 3.8) is 0 Å². The van der Waals surface area contributed by atoms with E-state index in [1.807, 2.05) is 60.7 Å². The molecule has 0 amide bonds. The minimum Gasteiger partial charge on any atom is -0.274 e. The lowest BCUT2D eigenvalue weighted by Gasteiger charge is -2.06. The fraction of sp³-hybridized carbons (Fsp3) is 0.148. The lowest BCUT2D eigenvalue weighted by atomic mass is 10.1. The Kier molecular flexibility index (Phi) is 5.08. The Labute approximate surface area is 200 Å². The summed E-state index contributed by atoms with van der Waals surface area (Å²) in [6.45, 7) is 0. The highest BCUT2D eigenvalue weighted by molar-refractivity contribution is 7.98. The van der Waals surface area contributed by atoms with E-state index in [1.54, 1.807) is 10.6 Å². The minimum absolute atomic E-state index is 0.0475. The van der Waals surface area contributed by atoms with E-state index in [4.69, 9.17) is 4.98 Å². The molecule has 3 aromatic carbocycles. The molecule has 0 spiro atoms. The predicted molar refractivity (Wildman–Crippen MR) is 131 cm³/mol. The average molecular weight is 462 g/mol. The molecule has 2 atom stereocenters. The van der Waals surface area contributed by atoms with E-state index in [9.17, 15) is 10.1 Å². The van der Waals surface area contributed by atoms with Gasteiger partial charge in [-0.05, 0) is 35.6 Å². The fourth-order valence-corrected chi connectivity index (χ4v) is 5.29. The molecule has 0 bridgehead atoms. The second kappa shape index (κ2) is 8.40. The zero-order chi connectivity index (χ0) is 23.1. The molecule has 164 valence electrons. The van der Waals surface area contributed by atoms with Crippen molar-refractivity contribution in [2.75, 3.05) is 0 Å². The number of para-hydroxylation sites is 1. The fourth-order valence-electron chi connectivity index (χ4n) is 4.50. The number of benzene rings is 3. The molecule has 2 aromatic heterocycles. The van der Waals surface area contributed by atoms with Gasteiger partial charge in [0, 0.05) is 17.1 Å². The van der Waals surface area contributed by atoms with Gasteiger partial charge in [-0.3, -0.25) is 9.36 Å². The molecule has 0 N–H and O–H groups in total. The predicted octanol–water partition coefficient (Wildman–Crippen LogP) is 5.59. The first-order chi connectivity index (χ1) is 16.7. The van der Waals surface area contributed by atoms with E-state index in [1.165, 1.54) is 17.3 Å². The van der Waals surface area contributed by atoms with Crippen LogP contribution in [0.15, 0.2) is 84.0 Å². The van der Waals surface area contributed by atoms with Crippen LogP contribution < -0.4 is 0 Å². The Bertz CT molecular complexity index is 1590. The van der Waals surface area contributed by atoms with E-state index < -0.39 is 0 Å². The highest BCUT2D eigenvalue weighted by Gasteiger charge is 2.45. The lowest BCUT2D eigenvalue weighted by Crippen LogP contribution is -2.14. The van der Waals surface area contributed by atoms with Crippen molar-refractivity contribution in [2.45, 2.75) is 23.2 Å². The van der Waals surface area contributed by atoms with Crippen LogP contribution in [0, 0.1) is 17.2 Å². The monoisotopic (exact) mass is 461 g/mol. The number of hydrogen-bond acceptors (Lipinski definition) is 6. The van der Waals surface area contributed by atoms with Crippen LogP contribution in [0.25, 0.3) is 22.1 Å². The molecule has 1 fully saturated rings. The van der Waals surface area contributed by atoms with Crippen molar-refractivity contribution < 1.29 is 4.79 Å². The number of hydrogen-bond donors (Lipinski definition) is 0. The van der Waals surface area contributed by atoms with Gasteiger partial charge in [-0.25, -0.2) is 4.98 Å². The summed E-state index contributed by atoms with van der Waals surface area (Å²) in [4.78, 5) is 18.4. The number of thioether (sulfide) groups is 1. The molecule has 6 rings (SSSR count). The zero-order valence-electron chi connectivity index (χ0n) is 18.1. The van der Waals surface area contributed by atoms with Gasteiger partial charge in [-0.15, -0.1) is 10.2 Å². The van der Waals surface area contributed by atoms with Crippen LogP contribution in [-0.4, -0.2) is 25.7 Å². The van der Waals surface area contributed by atoms with Gasteiger partial charge in [0.1, 0.15) is 5.52 Å². The van der Waals surface area contributed by atoms with Crippen molar-refractivity contribution >= 4 is 39.7 Å². The van der Waals surface area contributed by atoms with Crippen molar-refractivity contribution in [3.05, 3.63) is 95.6 Å². The van der Waals surface area contributed by atoms with Gasteiger partial charge in [0.15, 0.2) is 5.65 Å². The molecule has 0 radical (unpaired) electrons. The van der Waals surface area contributed by atoms with Crippen molar-refractivity contribution in [1.82, 2.24) is 19.7 Å². The average Bonchev–Trinajstić information content (AvgIpc) is 3.63. The molecule has 0 aliphatic heterocycles. The van der Waals surface area contributed by atoms with Crippen LogP contribution in [-0.2, 0) is 5.75 Å². The molecule has 0 saturated heterocycles. The summed E-state index contributed by atoms with van der Waals surface area (Å²) in [6, 6.07) is 27.6. The quantitative estimate of drug-likeness (QED) is 0.317. The van der Waals surface area contributed by atoms with E-state index in [0.717, 1.165) is 22.9 Å². The van der Waals surface area contributed by atoms with Crippen molar-refractivity contribution in [2.24, 2.45) is 5.92 Å². The van der Waals surface area contributed by atoms with Crippen LogP contribution in [0.1, 0.15) is 33.8 Å². The largest absolute Gasteiger partial charge is 0.274 e. The van der Waals surface area contributed by atoms with Gasteiger partial charge in [0.2, 0.25) is 11.1 Å². The number of rotatable bonds is 5. The molecular weight excluding hydrogens is 442 g/mol. The van der Waals surface area contributed by atoms with Crippen LogP contribution in [0.5, 0.6) is 0 Å². The van der Waals surface area contributed by atoms with E-state index in [-0.39, 0.29) is 17.7 Å². The summed E-state index contributed by atoms with van der Waals surface area (Å²) in [7, 11) is 0. The Morgan fingerprint density at radius 2 is 1.76 bits per heavy atom.